The smallest absolute Gasteiger partial charge is 0.190 e. The van der Waals surface area contributed by atoms with E-state index in [2.05, 4.69) is 182 Å². The predicted molar refractivity (Wildman–Crippen MR) is 200 cm³/mol. The number of hydrogen-bond acceptors (Lipinski definition) is 0. The Morgan fingerprint density at radius 3 is 1.48 bits per heavy atom. The first-order valence-corrected chi connectivity index (χ1v) is 22.6. The topological polar surface area (TPSA) is 13.7 Å². The van der Waals surface area contributed by atoms with E-state index >= 15 is 0 Å². The van der Waals surface area contributed by atoms with E-state index in [0.717, 1.165) is 6.42 Å². The molecule has 0 saturated carbocycles. The highest BCUT2D eigenvalue weighted by Gasteiger charge is 2.60. The highest BCUT2D eigenvalue weighted by molar-refractivity contribution is 6.82. The van der Waals surface area contributed by atoms with Crippen molar-refractivity contribution in [3.8, 4) is 0 Å². The first kappa shape index (κ1) is 33.3. The maximum atomic E-state index is 2.78. The van der Waals surface area contributed by atoms with E-state index in [1.807, 2.05) is 0 Å². The Labute approximate surface area is 282 Å². The average molecular weight is 651 g/mol. The molecule has 2 bridgehead atoms. The van der Waals surface area contributed by atoms with Gasteiger partial charge in [0, 0.05) is 29.5 Å². The van der Waals surface area contributed by atoms with Crippen molar-refractivity contribution in [3.63, 3.8) is 0 Å². The molecule has 0 amide bonds. The number of pyridine rings is 1. The molecule has 46 heavy (non-hydrogen) atoms. The molecule has 5 heterocycles. The van der Waals surface area contributed by atoms with Crippen molar-refractivity contribution in [2.24, 2.45) is 0 Å². The highest BCUT2D eigenvalue weighted by atomic mass is 28.3. The van der Waals surface area contributed by atoms with E-state index in [1.165, 1.54) is 27.9 Å². The number of rotatable bonds is 10. The molecule has 2 aliphatic heterocycles. The zero-order valence-corrected chi connectivity index (χ0v) is 32.8. The SMILES string of the molecule is CC(C)[Si](C(C)C)(C(C)C)n1ccc(C2(c3ccn([Si](C(C)C)(C(C)C)C(C)C)c3)C[C@@H]3c4ccccc4[C@H]2c2cccc[n+]23)c1. The molecule has 5 heteroatoms. The fourth-order valence-corrected chi connectivity index (χ4v) is 24.8. The van der Waals surface area contributed by atoms with E-state index < -0.39 is 16.5 Å². The van der Waals surface area contributed by atoms with Crippen molar-refractivity contribution in [2.75, 3.05) is 0 Å². The van der Waals surface area contributed by atoms with Crippen LogP contribution in [0.15, 0.2) is 85.6 Å². The van der Waals surface area contributed by atoms with Crippen molar-refractivity contribution in [1.29, 1.82) is 0 Å². The molecule has 0 saturated heterocycles. The minimum absolute atomic E-state index is 0.146. The Morgan fingerprint density at radius 2 is 1.02 bits per heavy atom. The van der Waals surface area contributed by atoms with Crippen LogP contribution in [0.5, 0.6) is 0 Å². The summed E-state index contributed by atoms with van der Waals surface area (Å²) in [6.07, 6.45) is 13.7. The van der Waals surface area contributed by atoms with Crippen LogP contribution in [0, 0.1) is 0 Å². The second-order valence-electron chi connectivity index (χ2n) is 16.6. The minimum atomic E-state index is -1.90. The predicted octanol–water partition coefficient (Wildman–Crippen LogP) is 11.0. The fraction of sp³-hybridized carbons (Fsp3) is 0.537. The maximum Gasteiger partial charge on any atom is 0.190 e. The van der Waals surface area contributed by atoms with Crippen LogP contribution in [0.1, 0.15) is 129 Å². The molecule has 1 aromatic carbocycles. The van der Waals surface area contributed by atoms with E-state index in [0.29, 0.717) is 39.3 Å². The second kappa shape index (κ2) is 11.8. The summed E-state index contributed by atoms with van der Waals surface area (Å²) < 4.78 is 8.16. The first-order chi connectivity index (χ1) is 21.8. The van der Waals surface area contributed by atoms with Crippen LogP contribution < -0.4 is 4.57 Å². The standard InChI is InChI=1S/C41H60N3Si2/c1-28(2)45(29(3)4,30(5)6)42-23-20-34(26-42)41(35-21-24-43(27-35)46(31(7)8,32(9)10)33(11)12)25-39-36-17-13-14-18-37(36)40(41)38-19-15-16-22-44(38)39/h13-24,26-33,39-40H,25H2,1-12H3/q+1/t39-,40+/m1/s1. The molecule has 0 fully saturated rings. The Balaban J connectivity index is 1.66. The Hall–Kier alpha value is -2.64. The lowest BCUT2D eigenvalue weighted by molar-refractivity contribution is -0.732. The van der Waals surface area contributed by atoms with Gasteiger partial charge in [0.05, 0.1) is 5.92 Å². The molecule has 0 spiro atoms. The zero-order valence-electron chi connectivity index (χ0n) is 30.8. The molecule has 0 unspecified atom stereocenters. The van der Waals surface area contributed by atoms with Gasteiger partial charge >= 0.3 is 0 Å². The van der Waals surface area contributed by atoms with Gasteiger partial charge in [-0.05, 0) is 86.9 Å². The normalized spacial score (nSPS) is 19.3. The first-order valence-electron chi connectivity index (χ1n) is 18.2. The van der Waals surface area contributed by atoms with Crippen LogP contribution in [0.3, 0.4) is 0 Å². The number of fused-ring (bicyclic) bond motifs is 1. The van der Waals surface area contributed by atoms with Gasteiger partial charge in [0.2, 0.25) is 0 Å². The van der Waals surface area contributed by atoms with E-state index in [1.54, 1.807) is 0 Å². The molecule has 7 rings (SSSR count). The summed E-state index contributed by atoms with van der Waals surface area (Å²) in [5, 5.41) is 0. The van der Waals surface area contributed by atoms with Gasteiger partial charge in [-0.15, -0.1) is 0 Å². The maximum absolute atomic E-state index is 2.78. The summed E-state index contributed by atoms with van der Waals surface area (Å²) in [6, 6.07) is 21.7. The fourth-order valence-electron chi connectivity index (χ4n) is 11.9. The van der Waals surface area contributed by atoms with Gasteiger partial charge in [0.25, 0.3) is 0 Å². The average Bonchev–Trinajstić information content (AvgIpc) is 3.68. The van der Waals surface area contributed by atoms with Crippen molar-refractivity contribution in [1.82, 2.24) is 8.47 Å². The van der Waals surface area contributed by atoms with Crippen molar-refractivity contribution in [2.45, 2.75) is 140 Å². The molecule has 1 aliphatic carbocycles. The van der Waals surface area contributed by atoms with Gasteiger partial charge in [-0.1, -0.05) is 113 Å². The van der Waals surface area contributed by atoms with Gasteiger partial charge < -0.3 is 8.47 Å². The van der Waals surface area contributed by atoms with Gasteiger partial charge in [-0.2, -0.15) is 4.57 Å². The third kappa shape index (κ3) is 4.36. The van der Waals surface area contributed by atoms with Gasteiger partial charge in [-0.25, -0.2) is 0 Å². The summed E-state index contributed by atoms with van der Waals surface area (Å²) in [7, 11) is -3.80. The summed E-state index contributed by atoms with van der Waals surface area (Å²) in [5.41, 5.74) is 11.3. The Morgan fingerprint density at radius 1 is 0.587 bits per heavy atom. The number of hydrogen-bond donors (Lipinski definition) is 0. The van der Waals surface area contributed by atoms with Crippen molar-refractivity contribution in [3.05, 3.63) is 114 Å². The molecule has 0 N–H and O–H groups in total. The second-order valence-corrected chi connectivity index (χ2v) is 28.1. The highest BCUT2D eigenvalue weighted by Crippen LogP contribution is 2.60. The third-order valence-corrected chi connectivity index (χ3v) is 26.5. The van der Waals surface area contributed by atoms with Crippen LogP contribution in [0.2, 0.25) is 33.2 Å². The molecular weight excluding hydrogens is 591 g/mol. The molecule has 3 nitrogen and oxygen atoms in total. The monoisotopic (exact) mass is 650 g/mol. The molecule has 3 aromatic heterocycles. The Kier molecular flexibility index (Phi) is 8.54. The summed E-state index contributed by atoms with van der Waals surface area (Å²) in [4.78, 5) is 0. The van der Waals surface area contributed by atoms with Crippen LogP contribution in [0.25, 0.3) is 0 Å². The number of aromatic nitrogens is 3. The molecule has 0 radical (unpaired) electrons. The van der Waals surface area contributed by atoms with E-state index in [9.17, 15) is 0 Å². The molecule has 2 atom stereocenters. The summed E-state index contributed by atoms with van der Waals surface area (Å²) in [6.45, 7) is 29.9. The van der Waals surface area contributed by atoms with Crippen LogP contribution in [-0.2, 0) is 5.41 Å². The number of benzene rings is 1. The van der Waals surface area contributed by atoms with Crippen LogP contribution in [0.4, 0.5) is 0 Å². The zero-order chi connectivity index (χ0) is 33.3. The van der Waals surface area contributed by atoms with Crippen molar-refractivity contribution >= 4 is 16.5 Å². The summed E-state index contributed by atoms with van der Waals surface area (Å²) in [5.74, 6) is 0.253. The largest absolute Gasteiger partial charge is 0.379 e. The van der Waals surface area contributed by atoms with Crippen LogP contribution >= 0.6 is 0 Å². The molecule has 4 aromatic rings. The third-order valence-electron chi connectivity index (χ3n) is 13.1. The van der Waals surface area contributed by atoms with Crippen LogP contribution in [-0.4, -0.2) is 24.9 Å². The lowest BCUT2D eigenvalue weighted by Crippen LogP contribution is -2.60. The lowest BCUT2D eigenvalue weighted by atomic mass is 9.54. The number of nitrogens with zero attached hydrogens (tertiary/aromatic N) is 3. The van der Waals surface area contributed by atoms with E-state index in [4.69, 9.17) is 0 Å². The lowest BCUT2D eigenvalue weighted by Gasteiger charge is -2.49. The summed E-state index contributed by atoms with van der Waals surface area (Å²) >= 11 is 0. The molecule has 3 aliphatic rings. The van der Waals surface area contributed by atoms with Gasteiger partial charge in [0.15, 0.2) is 34.4 Å². The molecule has 246 valence electrons. The van der Waals surface area contributed by atoms with E-state index in [-0.39, 0.29) is 11.3 Å². The molecular formula is C41H60N3Si2+. The quantitative estimate of drug-likeness (QED) is 0.120. The Bertz CT molecular complexity index is 1530. The van der Waals surface area contributed by atoms with Crippen molar-refractivity contribution < 1.29 is 4.57 Å². The van der Waals surface area contributed by atoms with Gasteiger partial charge in [-0.3, -0.25) is 0 Å². The van der Waals surface area contributed by atoms with Gasteiger partial charge in [0.1, 0.15) is 0 Å². The minimum Gasteiger partial charge on any atom is -0.379 e.